The molecule has 0 amide bonds. The van der Waals surface area contributed by atoms with Crippen molar-refractivity contribution in [2.45, 2.75) is 27.2 Å². The topological polar surface area (TPSA) is 12.4 Å². The smallest absolute Gasteiger partial charge is 0.0360 e. The summed E-state index contributed by atoms with van der Waals surface area (Å²) in [5.74, 6) is 0. The summed E-state index contributed by atoms with van der Waals surface area (Å²) in [6, 6.07) is 0. The van der Waals surface area contributed by atoms with E-state index in [1.807, 2.05) is 6.92 Å². The Kier molecular flexibility index (Phi) is 4.62. The van der Waals surface area contributed by atoms with Gasteiger partial charge < -0.3 is 0 Å². The van der Waals surface area contributed by atoms with Gasteiger partial charge >= 0.3 is 0 Å². The summed E-state index contributed by atoms with van der Waals surface area (Å²) in [6.45, 7) is 7.11. The average molecular weight is 112 g/mol. The van der Waals surface area contributed by atoms with Crippen molar-refractivity contribution in [1.82, 2.24) is 0 Å². The first-order chi connectivity index (χ1) is 3.85. The SMILES string of the molecule is C[CH]C(CC)=NCC. The normalized spacial score (nSPS) is 12.1. The van der Waals surface area contributed by atoms with E-state index in [0.29, 0.717) is 0 Å². The van der Waals surface area contributed by atoms with Crippen LogP contribution in [0, 0.1) is 6.42 Å². The van der Waals surface area contributed by atoms with Gasteiger partial charge in [-0.2, -0.15) is 0 Å². The van der Waals surface area contributed by atoms with Crippen LogP contribution >= 0.6 is 0 Å². The number of aliphatic imine (C=N–C) groups is 1. The van der Waals surface area contributed by atoms with Gasteiger partial charge in [0.05, 0.1) is 0 Å². The van der Waals surface area contributed by atoms with Gasteiger partial charge in [0.25, 0.3) is 0 Å². The van der Waals surface area contributed by atoms with Crippen molar-refractivity contribution in [2.24, 2.45) is 4.99 Å². The lowest BCUT2D eigenvalue weighted by molar-refractivity contribution is 1.10. The Morgan fingerprint density at radius 2 is 2.12 bits per heavy atom. The van der Waals surface area contributed by atoms with Crippen molar-refractivity contribution in [3.8, 4) is 0 Å². The highest BCUT2D eigenvalue weighted by Gasteiger charge is 1.86. The third-order valence-corrected chi connectivity index (χ3v) is 1.06. The van der Waals surface area contributed by atoms with Crippen LogP contribution in [0.3, 0.4) is 0 Å². The van der Waals surface area contributed by atoms with Gasteiger partial charge in [-0.15, -0.1) is 0 Å². The van der Waals surface area contributed by atoms with E-state index in [1.165, 1.54) is 5.71 Å². The average Bonchev–Trinajstić information content (AvgIpc) is 1.83. The monoisotopic (exact) mass is 112 g/mol. The fourth-order valence-electron chi connectivity index (χ4n) is 0.610. The van der Waals surface area contributed by atoms with E-state index < -0.39 is 0 Å². The second-order valence-corrected chi connectivity index (χ2v) is 1.61. The molecule has 0 aliphatic heterocycles. The lowest BCUT2D eigenvalue weighted by atomic mass is 10.2. The van der Waals surface area contributed by atoms with Crippen LogP contribution in [-0.2, 0) is 0 Å². The summed E-state index contributed by atoms with van der Waals surface area (Å²) in [6.07, 6.45) is 3.12. The second kappa shape index (κ2) is 4.82. The molecule has 1 nitrogen and oxygen atoms in total. The first kappa shape index (κ1) is 7.67. The minimum Gasteiger partial charge on any atom is -0.294 e. The molecule has 0 N–H and O–H groups in total. The van der Waals surface area contributed by atoms with E-state index in [4.69, 9.17) is 0 Å². The Morgan fingerprint density at radius 1 is 1.50 bits per heavy atom. The van der Waals surface area contributed by atoms with E-state index in [2.05, 4.69) is 25.3 Å². The summed E-state index contributed by atoms with van der Waals surface area (Å²) in [4.78, 5) is 4.22. The highest BCUT2D eigenvalue weighted by Crippen LogP contribution is 1.89. The van der Waals surface area contributed by atoms with E-state index in [9.17, 15) is 0 Å². The first-order valence-corrected chi connectivity index (χ1v) is 3.17. The Balaban J connectivity index is 3.49. The molecule has 0 aromatic heterocycles. The molecule has 0 heterocycles. The van der Waals surface area contributed by atoms with Gasteiger partial charge in [0.15, 0.2) is 0 Å². The highest BCUT2D eigenvalue weighted by molar-refractivity contribution is 5.91. The Morgan fingerprint density at radius 3 is 2.25 bits per heavy atom. The molecule has 0 bridgehead atoms. The Hall–Kier alpha value is -0.330. The Bertz CT molecular complexity index is 68.5. The van der Waals surface area contributed by atoms with Crippen LogP contribution < -0.4 is 0 Å². The maximum absolute atomic E-state index is 4.22. The van der Waals surface area contributed by atoms with Crippen molar-refractivity contribution in [2.75, 3.05) is 6.54 Å². The first-order valence-electron chi connectivity index (χ1n) is 3.17. The van der Waals surface area contributed by atoms with Gasteiger partial charge in [-0.25, -0.2) is 0 Å². The fourth-order valence-corrected chi connectivity index (χ4v) is 0.610. The van der Waals surface area contributed by atoms with Crippen molar-refractivity contribution in [3.05, 3.63) is 6.42 Å². The molecule has 0 aromatic rings. The molecular weight excluding hydrogens is 98.1 g/mol. The zero-order valence-corrected chi connectivity index (χ0v) is 5.94. The summed E-state index contributed by atoms with van der Waals surface area (Å²) in [5, 5.41) is 0. The predicted molar refractivity (Wildman–Crippen MR) is 38.2 cm³/mol. The van der Waals surface area contributed by atoms with E-state index >= 15 is 0 Å². The molecule has 0 aromatic carbocycles. The maximum atomic E-state index is 4.22. The third-order valence-electron chi connectivity index (χ3n) is 1.06. The number of nitrogens with zero attached hydrogens (tertiary/aromatic N) is 1. The van der Waals surface area contributed by atoms with Crippen LogP contribution in [-0.4, -0.2) is 12.3 Å². The quantitative estimate of drug-likeness (QED) is 0.496. The summed E-state index contributed by atoms with van der Waals surface area (Å²) in [7, 11) is 0. The summed E-state index contributed by atoms with van der Waals surface area (Å²) >= 11 is 0. The summed E-state index contributed by atoms with van der Waals surface area (Å²) < 4.78 is 0. The van der Waals surface area contributed by atoms with Crippen LogP contribution in [0.4, 0.5) is 0 Å². The molecule has 0 rings (SSSR count). The summed E-state index contributed by atoms with van der Waals surface area (Å²) in [5.41, 5.74) is 1.22. The fraction of sp³-hybridized carbons (Fsp3) is 0.714. The van der Waals surface area contributed by atoms with Gasteiger partial charge in [0.2, 0.25) is 0 Å². The van der Waals surface area contributed by atoms with Gasteiger partial charge in [0.1, 0.15) is 0 Å². The van der Waals surface area contributed by atoms with Crippen LogP contribution in [0.15, 0.2) is 4.99 Å². The van der Waals surface area contributed by atoms with Crippen molar-refractivity contribution >= 4 is 5.71 Å². The molecule has 0 saturated heterocycles. The van der Waals surface area contributed by atoms with Crippen molar-refractivity contribution in [3.63, 3.8) is 0 Å². The van der Waals surface area contributed by atoms with Crippen LogP contribution in [0.2, 0.25) is 0 Å². The standard InChI is InChI=1S/C7H14N/c1-4-7(5-2)8-6-3/h4H,5-6H2,1-3H3. The van der Waals surface area contributed by atoms with Crippen LogP contribution in [0.1, 0.15) is 27.2 Å². The molecular formula is C7H14N. The minimum atomic E-state index is 0.910. The van der Waals surface area contributed by atoms with Gasteiger partial charge in [-0.05, 0) is 13.3 Å². The van der Waals surface area contributed by atoms with Gasteiger partial charge in [0, 0.05) is 18.7 Å². The lowest BCUT2D eigenvalue weighted by Gasteiger charge is -1.94. The molecule has 0 atom stereocenters. The largest absolute Gasteiger partial charge is 0.294 e. The number of hydrogen-bond donors (Lipinski definition) is 0. The highest BCUT2D eigenvalue weighted by atomic mass is 14.7. The molecule has 8 heavy (non-hydrogen) atoms. The lowest BCUT2D eigenvalue weighted by Crippen LogP contribution is -1.93. The van der Waals surface area contributed by atoms with Gasteiger partial charge in [-0.3, -0.25) is 4.99 Å². The zero-order valence-electron chi connectivity index (χ0n) is 5.94. The van der Waals surface area contributed by atoms with Crippen molar-refractivity contribution < 1.29 is 0 Å². The van der Waals surface area contributed by atoms with Crippen LogP contribution in [0.5, 0.6) is 0 Å². The predicted octanol–water partition coefficient (Wildman–Crippen LogP) is 2.08. The molecule has 0 fully saturated rings. The van der Waals surface area contributed by atoms with E-state index in [0.717, 1.165) is 13.0 Å². The molecule has 1 heteroatoms. The van der Waals surface area contributed by atoms with Crippen LogP contribution in [0.25, 0.3) is 0 Å². The minimum absolute atomic E-state index is 0.910. The van der Waals surface area contributed by atoms with Crippen molar-refractivity contribution in [1.29, 1.82) is 0 Å². The molecule has 0 unspecified atom stereocenters. The zero-order chi connectivity index (χ0) is 6.41. The second-order valence-electron chi connectivity index (χ2n) is 1.61. The molecule has 0 aliphatic rings. The number of rotatable bonds is 3. The molecule has 0 aliphatic carbocycles. The molecule has 1 radical (unpaired) electrons. The molecule has 0 saturated carbocycles. The Labute approximate surface area is 51.8 Å². The van der Waals surface area contributed by atoms with E-state index in [-0.39, 0.29) is 0 Å². The third kappa shape index (κ3) is 2.78. The molecule has 0 spiro atoms. The van der Waals surface area contributed by atoms with Gasteiger partial charge in [-0.1, -0.05) is 13.8 Å². The van der Waals surface area contributed by atoms with E-state index in [1.54, 1.807) is 0 Å². The maximum Gasteiger partial charge on any atom is 0.0360 e. The molecule has 47 valence electrons. The number of hydrogen-bond acceptors (Lipinski definition) is 1.